The largest absolute Gasteiger partial charge is 0.380 e. The maximum atomic E-state index is 6.03. The van der Waals surface area contributed by atoms with Gasteiger partial charge in [0.25, 0.3) is 0 Å². The molecule has 108 valence electrons. The van der Waals surface area contributed by atoms with Gasteiger partial charge in [0.05, 0.1) is 5.56 Å². The lowest BCUT2D eigenvalue weighted by Gasteiger charge is -2.22. The third-order valence-corrected chi connectivity index (χ3v) is 4.35. The quantitative estimate of drug-likeness (QED) is 0.728. The molecule has 2 heterocycles. The van der Waals surface area contributed by atoms with Gasteiger partial charge in [-0.05, 0) is 22.4 Å². The van der Waals surface area contributed by atoms with Crippen LogP contribution >= 0.6 is 11.3 Å². The summed E-state index contributed by atoms with van der Waals surface area (Å²) in [6.07, 6.45) is 0. The molecule has 0 spiro atoms. The van der Waals surface area contributed by atoms with E-state index in [1.54, 1.807) is 11.3 Å². The first-order valence-corrected chi connectivity index (χ1v) is 7.75. The van der Waals surface area contributed by atoms with Gasteiger partial charge in [-0.1, -0.05) is 56.3 Å². The van der Waals surface area contributed by atoms with Crippen LogP contribution in [0.5, 0.6) is 0 Å². The third kappa shape index (κ3) is 2.47. The zero-order valence-corrected chi connectivity index (χ0v) is 13.2. The Bertz CT molecular complexity index is 751. The molecule has 0 atom stereocenters. The fourth-order valence-corrected chi connectivity index (χ4v) is 3.26. The summed E-state index contributed by atoms with van der Waals surface area (Å²) in [7, 11) is 0. The Balaban J connectivity index is 2.24. The summed E-state index contributed by atoms with van der Waals surface area (Å²) in [4.78, 5) is 1.08. The van der Waals surface area contributed by atoms with Crippen molar-refractivity contribution in [1.29, 1.82) is 0 Å². The molecule has 0 amide bonds. The van der Waals surface area contributed by atoms with E-state index in [0.717, 1.165) is 21.8 Å². The van der Waals surface area contributed by atoms with Crippen LogP contribution in [0.15, 0.2) is 46.3 Å². The summed E-state index contributed by atoms with van der Waals surface area (Å²) in [5, 5.41) is 6.01. The molecule has 1 aromatic carbocycles. The van der Waals surface area contributed by atoms with E-state index in [-0.39, 0.29) is 5.41 Å². The van der Waals surface area contributed by atoms with E-state index in [1.165, 1.54) is 5.56 Å². The lowest BCUT2D eigenvalue weighted by Crippen LogP contribution is -2.12. The van der Waals surface area contributed by atoms with Crippen LogP contribution < -0.4 is 5.73 Å². The number of rotatable bonds is 2. The van der Waals surface area contributed by atoms with Crippen LogP contribution in [-0.2, 0) is 5.41 Å². The van der Waals surface area contributed by atoms with Crippen molar-refractivity contribution in [3.63, 3.8) is 0 Å². The summed E-state index contributed by atoms with van der Waals surface area (Å²) in [6, 6.07) is 12.3. The number of hydrogen-bond donors (Lipinski definition) is 1. The van der Waals surface area contributed by atoms with E-state index in [1.807, 2.05) is 23.6 Å². The number of hydrogen-bond acceptors (Lipinski definition) is 4. The molecule has 2 N–H and O–H groups in total. The van der Waals surface area contributed by atoms with Crippen LogP contribution in [0.1, 0.15) is 26.3 Å². The zero-order chi connectivity index (χ0) is 15.0. The van der Waals surface area contributed by atoms with Crippen LogP contribution in [-0.4, -0.2) is 5.16 Å². The Kier molecular flexibility index (Phi) is 3.33. The van der Waals surface area contributed by atoms with Crippen LogP contribution in [0.25, 0.3) is 21.8 Å². The third-order valence-electron chi connectivity index (χ3n) is 3.47. The molecule has 3 nitrogen and oxygen atoms in total. The molecule has 0 aliphatic heterocycles. The van der Waals surface area contributed by atoms with Crippen LogP contribution in [0.2, 0.25) is 0 Å². The second-order valence-electron chi connectivity index (χ2n) is 6.04. The average Bonchev–Trinajstić information content (AvgIpc) is 3.06. The molecular formula is C17H18N2OS. The van der Waals surface area contributed by atoms with Gasteiger partial charge in [-0.3, -0.25) is 0 Å². The zero-order valence-electron chi connectivity index (χ0n) is 12.4. The second-order valence-corrected chi connectivity index (χ2v) is 6.99. The number of anilines is 1. The highest BCUT2D eigenvalue weighted by Gasteiger charge is 2.24. The van der Waals surface area contributed by atoms with E-state index in [9.17, 15) is 0 Å². The maximum Gasteiger partial charge on any atom is 0.178 e. The molecule has 2 aromatic heterocycles. The molecule has 4 heteroatoms. The maximum absolute atomic E-state index is 6.03. The van der Waals surface area contributed by atoms with Crippen molar-refractivity contribution in [1.82, 2.24) is 5.16 Å². The predicted octanol–water partition coefficient (Wildman–Crippen LogP) is 4.95. The summed E-state index contributed by atoms with van der Waals surface area (Å²) >= 11 is 1.64. The normalized spacial score (nSPS) is 11.8. The van der Waals surface area contributed by atoms with Crippen molar-refractivity contribution in [3.8, 4) is 21.8 Å². The van der Waals surface area contributed by atoms with Crippen LogP contribution in [0.4, 0.5) is 5.82 Å². The molecule has 0 unspecified atom stereocenters. The Hall–Kier alpha value is -2.07. The highest BCUT2D eigenvalue weighted by molar-refractivity contribution is 7.13. The molecular weight excluding hydrogens is 280 g/mol. The first kappa shape index (κ1) is 13.9. The first-order valence-electron chi connectivity index (χ1n) is 6.87. The van der Waals surface area contributed by atoms with Crippen molar-refractivity contribution in [3.05, 3.63) is 47.3 Å². The predicted molar refractivity (Wildman–Crippen MR) is 88.4 cm³/mol. The minimum atomic E-state index is 0.0187. The van der Waals surface area contributed by atoms with Crippen molar-refractivity contribution >= 4 is 17.2 Å². The first-order chi connectivity index (χ1) is 9.98. The Labute approximate surface area is 128 Å². The van der Waals surface area contributed by atoms with E-state index in [4.69, 9.17) is 10.3 Å². The van der Waals surface area contributed by atoms with Crippen LogP contribution in [0, 0.1) is 0 Å². The van der Waals surface area contributed by atoms with Gasteiger partial charge in [-0.25, -0.2) is 0 Å². The highest BCUT2D eigenvalue weighted by atomic mass is 32.1. The minimum absolute atomic E-state index is 0.0187. The molecule has 0 fully saturated rings. The second kappa shape index (κ2) is 5.04. The fourth-order valence-electron chi connectivity index (χ4n) is 2.48. The van der Waals surface area contributed by atoms with Crippen molar-refractivity contribution in [2.45, 2.75) is 26.2 Å². The Morgan fingerprint density at radius 2 is 1.86 bits per heavy atom. The summed E-state index contributed by atoms with van der Waals surface area (Å²) in [5.41, 5.74) is 9.21. The Morgan fingerprint density at radius 1 is 1.10 bits per heavy atom. The van der Waals surface area contributed by atoms with Gasteiger partial charge < -0.3 is 10.3 Å². The fraction of sp³-hybridized carbons (Fsp3) is 0.235. The SMILES string of the molecule is CC(C)(C)c1ccccc1-c1onc(N)c1-c1cccs1. The lowest BCUT2D eigenvalue weighted by atomic mass is 9.82. The lowest BCUT2D eigenvalue weighted by molar-refractivity contribution is 0.434. The van der Waals surface area contributed by atoms with Gasteiger partial charge in [0.2, 0.25) is 0 Å². The molecule has 0 aliphatic rings. The molecule has 0 bridgehead atoms. The van der Waals surface area contributed by atoms with Crippen LogP contribution in [0.3, 0.4) is 0 Å². The van der Waals surface area contributed by atoms with E-state index in [0.29, 0.717) is 5.82 Å². The van der Waals surface area contributed by atoms with Gasteiger partial charge in [0.1, 0.15) is 0 Å². The topological polar surface area (TPSA) is 52.0 Å². The Morgan fingerprint density at radius 3 is 2.52 bits per heavy atom. The molecule has 0 aliphatic carbocycles. The standard InChI is InChI=1S/C17H18N2OS/c1-17(2,3)12-8-5-4-7-11(12)15-14(16(18)19-20-15)13-9-6-10-21-13/h4-10H,1-3H3,(H2,18,19). The number of nitrogens with two attached hydrogens (primary N) is 1. The molecule has 0 saturated heterocycles. The van der Waals surface area contributed by atoms with Gasteiger partial charge >= 0.3 is 0 Å². The van der Waals surface area contributed by atoms with E-state index >= 15 is 0 Å². The molecule has 0 saturated carbocycles. The van der Waals surface area contributed by atoms with Gasteiger partial charge in [-0.2, -0.15) is 0 Å². The summed E-state index contributed by atoms with van der Waals surface area (Å²) < 4.78 is 5.57. The van der Waals surface area contributed by atoms with Gasteiger partial charge in [0.15, 0.2) is 11.6 Å². The number of thiophene rings is 1. The molecule has 21 heavy (non-hydrogen) atoms. The number of nitrogens with zero attached hydrogens (tertiary/aromatic N) is 1. The molecule has 0 radical (unpaired) electrons. The molecule has 3 aromatic rings. The molecule has 3 rings (SSSR count). The summed E-state index contributed by atoms with van der Waals surface area (Å²) in [6.45, 7) is 6.57. The van der Waals surface area contributed by atoms with Crippen molar-refractivity contribution in [2.75, 3.05) is 5.73 Å². The highest BCUT2D eigenvalue weighted by Crippen LogP contribution is 2.42. The number of benzene rings is 1. The van der Waals surface area contributed by atoms with E-state index in [2.05, 4.69) is 44.1 Å². The smallest absolute Gasteiger partial charge is 0.178 e. The van der Waals surface area contributed by atoms with E-state index < -0.39 is 0 Å². The van der Waals surface area contributed by atoms with Crippen molar-refractivity contribution in [2.24, 2.45) is 0 Å². The number of nitrogen functional groups attached to an aromatic ring is 1. The average molecular weight is 298 g/mol. The monoisotopic (exact) mass is 298 g/mol. The number of aromatic nitrogens is 1. The minimum Gasteiger partial charge on any atom is -0.380 e. The van der Waals surface area contributed by atoms with Gasteiger partial charge in [-0.15, -0.1) is 11.3 Å². The summed E-state index contributed by atoms with van der Waals surface area (Å²) in [5.74, 6) is 1.19. The van der Waals surface area contributed by atoms with Gasteiger partial charge in [0, 0.05) is 10.4 Å². The van der Waals surface area contributed by atoms with Crippen molar-refractivity contribution < 1.29 is 4.52 Å².